The predicted octanol–water partition coefficient (Wildman–Crippen LogP) is 1.68. The SMILES string of the molecule is O=C(O)CCCCCP(=O)(O)OS. The summed E-state index contributed by atoms with van der Waals surface area (Å²) in [5.41, 5.74) is 0. The van der Waals surface area contributed by atoms with E-state index in [9.17, 15) is 9.36 Å². The van der Waals surface area contributed by atoms with Gasteiger partial charge in [0.2, 0.25) is 0 Å². The number of carbonyl (C=O) groups is 1. The quantitative estimate of drug-likeness (QED) is 0.267. The van der Waals surface area contributed by atoms with Crippen LogP contribution in [-0.2, 0) is 13.3 Å². The molecule has 0 saturated carbocycles. The van der Waals surface area contributed by atoms with Gasteiger partial charge in [-0.2, -0.15) is 0 Å². The average molecular weight is 228 g/mol. The second kappa shape index (κ2) is 6.43. The molecule has 0 fully saturated rings. The molecule has 0 amide bonds. The molecule has 7 heteroatoms. The Morgan fingerprint density at radius 1 is 1.38 bits per heavy atom. The van der Waals surface area contributed by atoms with Crippen LogP contribution >= 0.6 is 20.5 Å². The van der Waals surface area contributed by atoms with Gasteiger partial charge in [0.15, 0.2) is 0 Å². The van der Waals surface area contributed by atoms with E-state index in [2.05, 4.69) is 16.9 Å². The Bertz CT molecular complexity index is 207. The number of hydrogen-bond donors (Lipinski definition) is 3. The van der Waals surface area contributed by atoms with E-state index in [4.69, 9.17) is 10.00 Å². The van der Waals surface area contributed by atoms with Crippen molar-refractivity contribution in [1.82, 2.24) is 0 Å². The van der Waals surface area contributed by atoms with Crippen LogP contribution in [0.3, 0.4) is 0 Å². The fourth-order valence-corrected chi connectivity index (χ4v) is 1.76. The van der Waals surface area contributed by atoms with E-state index in [0.717, 1.165) is 0 Å². The zero-order chi connectivity index (χ0) is 10.3. The summed E-state index contributed by atoms with van der Waals surface area (Å²) >= 11 is 3.25. The smallest absolute Gasteiger partial charge is 0.338 e. The van der Waals surface area contributed by atoms with Crippen LogP contribution in [-0.4, -0.2) is 22.1 Å². The van der Waals surface area contributed by atoms with Gasteiger partial charge in [0.25, 0.3) is 0 Å². The highest BCUT2D eigenvalue weighted by Crippen LogP contribution is 2.43. The van der Waals surface area contributed by atoms with E-state index in [1.807, 2.05) is 0 Å². The molecule has 0 aliphatic rings. The van der Waals surface area contributed by atoms with E-state index in [1.54, 1.807) is 0 Å². The molecule has 2 N–H and O–H groups in total. The van der Waals surface area contributed by atoms with Crippen molar-refractivity contribution in [1.29, 1.82) is 0 Å². The van der Waals surface area contributed by atoms with Gasteiger partial charge >= 0.3 is 13.6 Å². The van der Waals surface area contributed by atoms with Gasteiger partial charge in [0, 0.05) is 6.42 Å². The van der Waals surface area contributed by atoms with Gasteiger partial charge in [-0.1, -0.05) is 6.42 Å². The van der Waals surface area contributed by atoms with E-state index >= 15 is 0 Å². The monoisotopic (exact) mass is 228 g/mol. The van der Waals surface area contributed by atoms with Crippen LogP contribution in [0.4, 0.5) is 0 Å². The Kier molecular flexibility index (Phi) is 6.41. The van der Waals surface area contributed by atoms with Gasteiger partial charge in [0.1, 0.15) is 0 Å². The number of carboxylic acids is 1. The van der Waals surface area contributed by atoms with Crippen LogP contribution in [0.5, 0.6) is 0 Å². The Hall–Kier alpha value is -0.0300. The molecule has 0 heterocycles. The summed E-state index contributed by atoms with van der Waals surface area (Å²) in [6, 6.07) is 0. The zero-order valence-electron chi connectivity index (χ0n) is 7.05. The maximum absolute atomic E-state index is 10.8. The van der Waals surface area contributed by atoms with Crippen molar-refractivity contribution in [2.24, 2.45) is 0 Å². The molecule has 0 saturated heterocycles. The molecule has 0 bridgehead atoms. The van der Waals surface area contributed by atoms with Crippen LogP contribution in [0.2, 0.25) is 0 Å². The van der Waals surface area contributed by atoms with Gasteiger partial charge in [0.05, 0.1) is 6.16 Å². The molecule has 1 atom stereocenters. The first-order chi connectivity index (χ1) is 5.98. The topological polar surface area (TPSA) is 83.8 Å². The Morgan fingerprint density at radius 3 is 2.46 bits per heavy atom. The Balaban J connectivity index is 3.36. The van der Waals surface area contributed by atoms with E-state index < -0.39 is 13.6 Å². The second-order valence-electron chi connectivity index (χ2n) is 2.65. The minimum absolute atomic E-state index is 0.0239. The van der Waals surface area contributed by atoms with Crippen LogP contribution in [0, 0.1) is 0 Å². The van der Waals surface area contributed by atoms with Crippen molar-refractivity contribution >= 4 is 26.5 Å². The van der Waals surface area contributed by atoms with Crippen molar-refractivity contribution < 1.29 is 23.3 Å². The lowest BCUT2D eigenvalue weighted by Crippen LogP contribution is -1.95. The van der Waals surface area contributed by atoms with Crippen molar-refractivity contribution in [3.63, 3.8) is 0 Å². The molecule has 0 aliphatic carbocycles. The fraction of sp³-hybridized carbons (Fsp3) is 0.833. The molecular weight excluding hydrogens is 215 g/mol. The highest BCUT2D eigenvalue weighted by atomic mass is 32.1. The highest BCUT2D eigenvalue weighted by Gasteiger charge is 2.16. The lowest BCUT2D eigenvalue weighted by atomic mass is 10.2. The van der Waals surface area contributed by atoms with Gasteiger partial charge in [-0.15, -0.1) is 0 Å². The number of aliphatic carboxylic acids is 1. The van der Waals surface area contributed by atoms with Crippen molar-refractivity contribution in [3.05, 3.63) is 0 Å². The Morgan fingerprint density at radius 2 is 2.00 bits per heavy atom. The largest absolute Gasteiger partial charge is 0.481 e. The third-order valence-electron chi connectivity index (χ3n) is 1.46. The first kappa shape index (κ1) is 13.0. The summed E-state index contributed by atoms with van der Waals surface area (Å²) in [7, 11) is -3.52. The molecule has 78 valence electrons. The molecule has 0 aliphatic heterocycles. The summed E-state index contributed by atoms with van der Waals surface area (Å²) in [5.74, 6) is -0.849. The number of unbranched alkanes of at least 4 members (excludes halogenated alkanes) is 2. The van der Waals surface area contributed by atoms with Crippen molar-refractivity contribution in [3.8, 4) is 0 Å². The van der Waals surface area contributed by atoms with Crippen LogP contribution in [0.25, 0.3) is 0 Å². The zero-order valence-corrected chi connectivity index (χ0v) is 8.84. The van der Waals surface area contributed by atoms with Gasteiger partial charge in [-0.25, -0.2) is 3.97 Å². The first-order valence-electron chi connectivity index (χ1n) is 3.85. The molecule has 5 nitrogen and oxygen atoms in total. The predicted molar refractivity (Wildman–Crippen MR) is 50.9 cm³/mol. The standard InChI is InChI=1S/C6H13O5PS/c7-6(8)4-2-1-3-5-12(9,10)11-13/h13H,1-5H2,(H,7,8)(H,9,10). The molecule has 0 radical (unpaired) electrons. The molecular formula is C6H13O5PS. The van der Waals surface area contributed by atoms with Gasteiger partial charge in [-0.3, -0.25) is 9.36 Å². The highest BCUT2D eigenvalue weighted by molar-refractivity contribution is 7.81. The fourth-order valence-electron chi connectivity index (χ4n) is 0.805. The van der Waals surface area contributed by atoms with E-state index in [1.165, 1.54) is 0 Å². The molecule has 0 aromatic heterocycles. The summed E-state index contributed by atoms with van der Waals surface area (Å²) < 4.78 is 14.9. The maximum Gasteiger partial charge on any atom is 0.338 e. The summed E-state index contributed by atoms with van der Waals surface area (Å²) in [5, 5.41) is 8.28. The number of rotatable bonds is 7. The van der Waals surface area contributed by atoms with E-state index in [-0.39, 0.29) is 12.6 Å². The normalized spacial score (nSPS) is 15.2. The number of carboxylic acid groups (broad SMARTS) is 1. The lowest BCUT2D eigenvalue weighted by molar-refractivity contribution is -0.137. The molecule has 13 heavy (non-hydrogen) atoms. The summed E-state index contributed by atoms with van der Waals surface area (Å²) in [6.07, 6.45) is 1.71. The number of thiol groups is 1. The first-order valence-corrected chi connectivity index (χ1v) is 5.97. The van der Waals surface area contributed by atoms with Gasteiger partial charge in [-0.05, 0) is 25.8 Å². The van der Waals surface area contributed by atoms with E-state index in [0.29, 0.717) is 19.3 Å². The summed E-state index contributed by atoms with van der Waals surface area (Å²) in [4.78, 5) is 18.9. The lowest BCUT2D eigenvalue weighted by Gasteiger charge is -2.05. The van der Waals surface area contributed by atoms with Crippen molar-refractivity contribution in [2.45, 2.75) is 25.7 Å². The van der Waals surface area contributed by atoms with Gasteiger partial charge < -0.3 is 10.00 Å². The average Bonchev–Trinajstić information content (AvgIpc) is 2.03. The van der Waals surface area contributed by atoms with Crippen LogP contribution < -0.4 is 0 Å². The minimum atomic E-state index is -3.52. The Labute approximate surface area is 82.3 Å². The third-order valence-corrected chi connectivity index (χ3v) is 3.36. The molecule has 1 unspecified atom stereocenters. The second-order valence-corrected chi connectivity index (χ2v) is 5.02. The summed E-state index contributed by atoms with van der Waals surface area (Å²) in [6.45, 7) is 0. The maximum atomic E-state index is 10.8. The molecule has 0 spiro atoms. The van der Waals surface area contributed by atoms with Crippen LogP contribution in [0.15, 0.2) is 0 Å². The van der Waals surface area contributed by atoms with Crippen LogP contribution in [0.1, 0.15) is 25.7 Å². The minimum Gasteiger partial charge on any atom is -0.481 e. The molecule has 0 aromatic carbocycles. The molecule has 0 aromatic rings. The number of hydrogen-bond acceptors (Lipinski definition) is 4. The van der Waals surface area contributed by atoms with Crippen molar-refractivity contribution in [2.75, 3.05) is 6.16 Å². The third kappa shape index (κ3) is 8.30. The molecule has 0 rings (SSSR count).